The molecule has 0 aliphatic carbocycles. The second-order valence-electron chi connectivity index (χ2n) is 11.2. The van der Waals surface area contributed by atoms with Crippen LogP contribution in [0.15, 0.2) is 91.3 Å². The van der Waals surface area contributed by atoms with Crippen molar-refractivity contribution in [1.29, 1.82) is 0 Å². The average Bonchev–Trinajstić information content (AvgIpc) is 2.84. The molecule has 0 spiro atoms. The Morgan fingerprint density at radius 3 is 1.43 bits per heavy atom. The van der Waals surface area contributed by atoms with Gasteiger partial charge in [-0.2, -0.15) is 0 Å². The first-order chi connectivity index (χ1) is 18.5. The summed E-state index contributed by atoms with van der Waals surface area (Å²) in [6.45, 7) is 12.7. The SMILES string of the molecule is CC(C)(C)c1cc([N-]c2ccccc2)c([O-])c(C(C)(C)C)c1.F[P-](F)(F)(F)(F)F.[Pd].c1ccc(-c2ccccn2)nc1. The molecule has 2 aromatic carbocycles. The Balaban J connectivity index is 0.000000368. The molecule has 0 atom stereocenters. The zero-order valence-electron chi connectivity index (χ0n) is 23.9. The molecule has 0 amide bonds. The predicted molar refractivity (Wildman–Crippen MR) is 153 cm³/mol. The van der Waals surface area contributed by atoms with Crippen LogP contribution < -0.4 is 5.11 Å². The standard InChI is InChI=1S/C20H26NO.C10H8N2.F6P.Pd/c1-19(2,3)14-12-16(20(4,5)6)18(22)17(13-14)21-15-10-8-7-9-11-15;1-3-7-11-9(5-1)10-6-2-4-8-12-10;1-7(2,3,4,5)6;/h7-13,22H,1-6H3;1-8H;;/q-1;;-1;/p-1. The third kappa shape index (κ3) is 14.8. The van der Waals surface area contributed by atoms with Crippen molar-refractivity contribution < 1.29 is 50.7 Å². The van der Waals surface area contributed by atoms with Crippen molar-refractivity contribution in [2.45, 2.75) is 52.4 Å². The molecule has 12 heteroatoms. The number of hydrogen-bond acceptors (Lipinski definition) is 3. The summed E-state index contributed by atoms with van der Waals surface area (Å²) in [4.78, 5) is 8.37. The van der Waals surface area contributed by atoms with E-state index in [4.69, 9.17) is 0 Å². The normalized spacial score (nSPS) is 13.0. The fourth-order valence-electron chi connectivity index (χ4n) is 3.36. The van der Waals surface area contributed by atoms with E-state index in [-0.39, 0.29) is 37.0 Å². The summed E-state index contributed by atoms with van der Waals surface area (Å²) < 4.78 is 59.2. The van der Waals surface area contributed by atoms with Crippen LogP contribution in [-0.4, -0.2) is 9.97 Å². The summed E-state index contributed by atoms with van der Waals surface area (Å²) in [5.74, 6) is 0.0318. The fraction of sp³-hybridized carbons (Fsp3) is 0.267. The van der Waals surface area contributed by atoms with E-state index in [2.05, 4.69) is 56.8 Å². The third-order valence-corrected chi connectivity index (χ3v) is 5.34. The fourth-order valence-corrected chi connectivity index (χ4v) is 3.36. The molecule has 234 valence electrons. The average molecular weight is 703 g/mol. The van der Waals surface area contributed by atoms with Crippen LogP contribution in [0, 0.1) is 0 Å². The van der Waals surface area contributed by atoms with Gasteiger partial charge in [-0.05, 0) is 40.7 Å². The predicted octanol–water partition coefficient (Wildman–Crippen LogP) is 11.2. The van der Waals surface area contributed by atoms with Crippen molar-refractivity contribution in [3.8, 4) is 17.1 Å². The summed E-state index contributed by atoms with van der Waals surface area (Å²) in [5, 5.41) is 17.4. The van der Waals surface area contributed by atoms with Crippen LogP contribution in [0.4, 0.5) is 36.6 Å². The molecule has 0 saturated heterocycles. The number of rotatable bonds is 3. The topological polar surface area (TPSA) is 62.9 Å². The van der Waals surface area contributed by atoms with Gasteiger partial charge in [-0.1, -0.05) is 102 Å². The van der Waals surface area contributed by atoms with Crippen molar-refractivity contribution in [2.75, 3.05) is 0 Å². The van der Waals surface area contributed by atoms with Gasteiger partial charge in [0.05, 0.1) is 11.4 Å². The number of para-hydroxylation sites is 1. The van der Waals surface area contributed by atoms with Gasteiger partial charge in [-0.3, -0.25) is 9.97 Å². The second kappa shape index (κ2) is 13.1. The van der Waals surface area contributed by atoms with E-state index in [9.17, 15) is 30.3 Å². The van der Waals surface area contributed by atoms with E-state index in [1.54, 1.807) is 12.4 Å². The molecule has 0 aliphatic rings. The first kappa shape index (κ1) is 37.0. The molecular weight excluding hydrogens is 670 g/mol. The van der Waals surface area contributed by atoms with Crippen LogP contribution in [0.25, 0.3) is 16.7 Å². The Morgan fingerprint density at radius 1 is 0.643 bits per heavy atom. The van der Waals surface area contributed by atoms with Gasteiger partial charge < -0.3 is 10.4 Å². The van der Waals surface area contributed by atoms with Crippen LogP contribution in [0.3, 0.4) is 0 Å². The Morgan fingerprint density at radius 2 is 1.07 bits per heavy atom. The van der Waals surface area contributed by atoms with Crippen LogP contribution in [-0.2, 0) is 31.3 Å². The van der Waals surface area contributed by atoms with Crippen molar-refractivity contribution in [3.05, 3.63) is 108 Å². The molecule has 0 fully saturated rings. The zero-order chi connectivity index (χ0) is 31.2. The monoisotopic (exact) mass is 702 g/mol. The molecule has 0 bridgehead atoms. The Hall–Kier alpha value is -2.99. The van der Waals surface area contributed by atoms with Gasteiger partial charge in [0.2, 0.25) is 0 Å². The minimum Gasteiger partial charge on any atom is -0.255 e. The summed E-state index contributed by atoms with van der Waals surface area (Å²) >= 11 is 0. The quantitative estimate of drug-likeness (QED) is 0.121. The molecule has 0 unspecified atom stereocenters. The van der Waals surface area contributed by atoms with Crippen molar-refractivity contribution in [2.24, 2.45) is 0 Å². The van der Waals surface area contributed by atoms with E-state index in [0.29, 0.717) is 5.69 Å². The van der Waals surface area contributed by atoms with E-state index in [1.165, 1.54) is 0 Å². The summed E-state index contributed by atoms with van der Waals surface area (Å²) in [5.41, 5.74) is 4.93. The molecule has 0 radical (unpaired) electrons. The number of benzene rings is 2. The van der Waals surface area contributed by atoms with E-state index in [0.717, 1.165) is 28.2 Å². The maximum absolute atomic E-state index is 12.8. The third-order valence-electron chi connectivity index (χ3n) is 5.34. The number of aromatic nitrogens is 2. The van der Waals surface area contributed by atoms with Crippen LogP contribution >= 0.6 is 7.81 Å². The van der Waals surface area contributed by atoms with Crippen molar-refractivity contribution in [1.82, 2.24) is 9.97 Å². The minimum absolute atomic E-state index is 0. The van der Waals surface area contributed by atoms with E-state index >= 15 is 0 Å². The number of pyridine rings is 2. The van der Waals surface area contributed by atoms with Gasteiger partial charge in [0.1, 0.15) is 0 Å². The first-order valence-corrected chi connectivity index (χ1v) is 14.6. The number of nitrogens with zero attached hydrogens (tertiary/aromatic N) is 3. The Labute approximate surface area is 256 Å². The van der Waals surface area contributed by atoms with Crippen molar-refractivity contribution in [3.63, 3.8) is 0 Å². The molecule has 0 aliphatic heterocycles. The maximum atomic E-state index is 12.8. The first-order valence-electron chi connectivity index (χ1n) is 12.5. The molecule has 2 aromatic heterocycles. The van der Waals surface area contributed by atoms with E-state index < -0.39 is 7.81 Å². The Kier molecular flexibility index (Phi) is 11.6. The summed E-state index contributed by atoms with van der Waals surface area (Å²) in [7, 11) is -10.7. The Bertz CT molecular complexity index is 1360. The second-order valence-corrected chi connectivity index (χ2v) is 13.1. The molecule has 42 heavy (non-hydrogen) atoms. The van der Waals surface area contributed by atoms with Gasteiger partial charge in [0, 0.05) is 32.8 Å². The molecule has 0 saturated carbocycles. The zero-order valence-corrected chi connectivity index (χ0v) is 26.4. The van der Waals surface area contributed by atoms with E-state index in [1.807, 2.05) is 78.9 Å². The molecule has 4 nitrogen and oxygen atoms in total. The molecule has 4 rings (SSSR count). The van der Waals surface area contributed by atoms with Gasteiger partial charge in [0.15, 0.2) is 0 Å². The van der Waals surface area contributed by atoms with Crippen LogP contribution in [0.5, 0.6) is 5.75 Å². The summed E-state index contributed by atoms with van der Waals surface area (Å²) in [6.07, 6.45) is 3.54. The molecular formula is C30H33F6N3OPPd-3. The van der Waals surface area contributed by atoms with Gasteiger partial charge >= 0.3 is 33.0 Å². The molecule has 4 aromatic rings. The summed E-state index contributed by atoms with van der Waals surface area (Å²) in [6, 6.07) is 25.2. The molecule has 0 N–H and O–H groups in total. The van der Waals surface area contributed by atoms with Gasteiger partial charge in [0.25, 0.3) is 0 Å². The molecule has 2 heterocycles. The smallest absolute Gasteiger partial charge is 0.0886 e. The maximum Gasteiger partial charge on any atom is 0.0886 e. The van der Waals surface area contributed by atoms with Crippen molar-refractivity contribution >= 4 is 19.2 Å². The van der Waals surface area contributed by atoms with Gasteiger partial charge in [-0.25, -0.2) is 0 Å². The van der Waals surface area contributed by atoms with Crippen LogP contribution in [0.2, 0.25) is 0 Å². The number of halogens is 6. The minimum atomic E-state index is -10.7. The number of hydrogen-bond donors (Lipinski definition) is 0. The van der Waals surface area contributed by atoms with Gasteiger partial charge in [-0.15, -0.1) is 17.1 Å². The van der Waals surface area contributed by atoms with Crippen LogP contribution in [0.1, 0.15) is 52.7 Å². The largest absolute Gasteiger partial charge is 0.255 e.